The third-order valence-electron chi connectivity index (χ3n) is 2.83. The van der Waals surface area contributed by atoms with Crippen molar-refractivity contribution in [2.24, 2.45) is 5.73 Å². The van der Waals surface area contributed by atoms with Crippen LogP contribution in [0, 0.1) is 6.92 Å². The number of hydrogen-bond donors (Lipinski definition) is 1. The highest BCUT2D eigenvalue weighted by Crippen LogP contribution is 2.24. The van der Waals surface area contributed by atoms with Crippen LogP contribution in [-0.2, 0) is 16.0 Å². The van der Waals surface area contributed by atoms with Gasteiger partial charge in [-0.3, -0.25) is 4.79 Å². The number of nitrogens with two attached hydrogens (primary N) is 1. The summed E-state index contributed by atoms with van der Waals surface area (Å²) in [6.45, 7) is 4.50. The zero-order valence-electron chi connectivity index (χ0n) is 11.9. The van der Waals surface area contributed by atoms with Crippen molar-refractivity contribution in [3.05, 3.63) is 29.3 Å². The highest BCUT2D eigenvalue weighted by atomic mass is 16.5. The van der Waals surface area contributed by atoms with E-state index in [1.165, 1.54) is 7.11 Å². The lowest BCUT2D eigenvalue weighted by Gasteiger charge is -2.15. The van der Waals surface area contributed by atoms with E-state index in [1.54, 1.807) is 0 Å². The van der Waals surface area contributed by atoms with E-state index < -0.39 is 0 Å². The number of esters is 1. The zero-order valence-corrected chi connectivity index (χ0v) is 11.9. The first-order chi connectivity index (χ1) is 9.04. The van der Waals surface area contributed by atoms with E-state index in [9.17, 15) is 4.79 Å². The Morgan fingerprint density at radius 2 is 2.16 bits per heavy atom. The molecule has 0 saturated carbocycles. The van der Waals surface area contributed by atoms with Crippen LogP contribution in [0.4, 0.5) is 0 Å². The summed E-state index contributed by atoms with van der Waals surface area (Å²) in [6, 6.07) is 6.15. The predicted molar refractivity (Wildman–Crippen MR) is 75.3 cm³/mol. The SMILES string of the molecule is COC(=O)CCCOc1c(C)cccc1CC(C)N. The molecule has 0 spiro atoms. The monoisotopic (exact) mass is 265 g/mol. The van der Waals surface area contributed by atoms with Crippen molar-refractivity contribution in [3.8, 4) is 5.75 Å². The molecule has 1 atom stereocenters. The minimum Gasteiger partial charge on any atom is -0.493 e. The second-order valence-corrected chi connectivity index (χ2v) is 4.77. The molecule has 1 aromatic carbocycles. The summed E-state index contributed by atoms with van der Waals surface area (Å²) >= 11 is 0. The fourth-order valence-electron chi connectivity index (χ4n) is 1.92. The van der Waals surface area contributed by atoms with Gasteiger partial charge in [-0.2, -0.15) is 0 Å². The van der Waals surface area contributed by atoms with E-state index in [1.807, 2.05) is 32.0 Å². The van der Waals surface area contributed by atoms with Crippen molar-refractivity contribution in [2.75, 3.05) is 13.7 Å². The van der Waals surface area contributed by atoms with Gasteiger partial charge in [0.1, 0.15) is 5.75 Å². The van der Waals surface area contributed by atoms with Gasteiger partial charge in [0.15, 0.2) is 0 Å². The van der Waals surface area contributed by atoms with Crippen LogP contribution in [0.25, 0.3) is 0 Å². The number of rotatable bonds is 7. The first kappa shape index (κ1) is 15.5. The molecule has 0 fully saturated rings. The van der Waals surface area contributed by atoms with Crippen LogP contribution < -0.4 is 10.5 Å². The fraction of sp³-hybridized carbons (Fsp3) is 0.533. The Hall–Kier alpha value is -1.55. The number of benzene rings is 1. The van der Waals surface area contributed by atoms with Crippen LogP contribution in [0.15, 0.2) is 18.2 Å². The molecule has 0 aliphatic heterocycles. The van der Waals surface area contributed by atoms with Gasteiger partial charge >= 0.3 is 5.97 Å². The van der Waals surface area contributed by atoms with Crippen LogP contribution in [0.5, 0.6) is 5.75 Å². The minimum absolute atomic E-state index is 0.0965. The van der Waals surface area contributed by atoms with E-state index in [0.717, 1.165) is 23.3 Å². The van der Waals surface area contributed by atoms with E-state index in [2.05, 4.69) is 4.74 Å². The van der Waals surface area contributed by atoms with Crippen molar-refractivity contribution in [2.45, 2.75) is 39.2 Å². The second kappa shape index (κ2) is 7.79. The van der Waals surface area contributed by atoms with E-state index in [4.69, 9.17) is 10.5 Å². The van der Waals surface area contributed by atoms with Gasteiger partial charge in [-0.25, -0.2) is 0 Å². The molecule has 0 aliphatic carbocycles. The maximum atomic E-state index is 11.0. The number of methoxy groups -OCH3 is 1. The van der Waals surface area contributed by atoms with Gasteiger partial charge in [0.05, 0.1) is 13.7 Å². The molecule has 0 heterocycles. The fourth-order valence-corrected chi connectivity index (χ4v) is 1.92. The lowest BCUT2D eigenvalue weighted by molar-refractivity contribution is -0.140. The predicted octanol–water partition coefficient (Wildman–Crippen LogP) is 2.22. The third kappa shape index (κ3) is 5.30. The highest BCUT2D eigenvalue weighted by Gasteiger charge is 2.09. The van der Waals surface area contributed by atoms with Crippen molar-refractivity contribution in [1.29, 1.82) is 0 Å². The molecule has 4 nitrogen and oxygen atoms in total. The van der Waals surface area contributed by atoms with Crippen molar-refractivity contribution in [3.63, 3.8) is 0 Å². The molecule has 1 rings (SSSR count). The average Bonchev–Trinajstić information content (AvgIpc) is 2.36. The topological polar surface area (TPSA) is 61.5 Å². The molecule has 19 heavy (non-hydrogen) atoms. The number of hydrogen-bond acceptors (Lipinski definition) is 4. The summed E-state index contributed by atoms with van der Waals surface area (Å²) < 4.78 is 10.4. The molecule has 4 heteroatoms. The first-order valence-corrected chi connectivity index (χ1v) is 6.58. The van der Waals surface area contributed by atoms with Gasteiger partial charge in [0.2, 0.25) is 0 Å². The van der Waals surface area contributed by atoms with E-state index >= 15 is 0 Å². The third-order valence-corrected chi connectivity index (χ3v) is 2.83. The maximum Gasteiger partial charge on any atom is 0.305 e. The lowest BCUT2D eigenvalue weighted by atomic mass is 10.0. The number of carbonyl (C=O) groups is 1. The largest absolute Gasteiger partial charge is 0.493 e. The summed E-state index contributed by atoms with van der Waals surface area (Å²) in [4.78, 5) is 11.0. The Balaban J connectivity index is 2.58. The molecule has 0 aliphatic rings. The first-order valence-electron chi connectivity index (χ1n) is 6.58. The molecule has 106 valence electrons. The Labute approximate surface area is 114 Å². The Morgan fingerprint density at radius 1 is 1.42 bits per heavy atom. The lowest BCUT2D eigenvalue weighted by Crippen LogP contribution is -2.18. The summed E-state index contributed by atoms with van der Waals surface area (Å²) in [5.41, 5.74) is 8.05. The molecule has 1 aromatic rings. The highest BCUT2D eigenvalue weighted by molar-refractivity contribution is 5.69. The van der Waals surface area contributed by atoms with E-state index in [0.29, 0.717) is 19.4 Å². The Kier molecular flexibility index (Phi) is 6.36. The van der Waals surface area contributed by atoms with E-state index in [-0.39, 0.29) is 12.0 Å². The van der Waals surface area contributed by atoms with Gasteiger partial charge in [-0.05, 0) is 37.8 Å². The normalized spacial score (nSPS) is 12.0. The average molecular weight is 265 g/mol. The van der Waals surface area contributed by atoms with Gasteiger partial charge in [-0.15, -0.1) is 0 Å². The minimum atomic E-state index is -0.204. The number of ether oxygens (including phenoxy) is 2. The van der Waals surface area contributed by atoms with Crippen LogP contribution in [-0.4, -0.2) is 25.7 Å². The van der Waals surface area contributed by atoms with Crippen LogP contribution in [0.2, 0.25) is 0 Å². The van der Waals surface area contributed by atoms with Gasteiger partial charge in [-0.1, -0.05) is 18.2 Å². The molecule has 0 bridgehead atoms. The van der Waals surface area contributed by atoms with Crippen molar-refractivity contribution < 1.29 is 14.3 Å². The maximum absolute atomic E-state index is 11.0. The second-order valence-electron chi connectivity index (χ2n) is 4.77. The zero-order chi connectivity index (χ0) is 14.3. The molecular formula is C15H23NO3. The molecule has 1 unspecified atom stereocenters. The number of carbonyl (C=O) groups excluding carboxylic acids is 1. The summed E-state index contributed by atoms with van der Waals surface area (Å²) in [7, 11) is 1.39. The van der Waals surface area contributed by atoms with Crippen LogP contribution >= 0.6 is 0 Å². The van der Waals surface area contributed by atoms with Gasteiger partial charge in [0.25, 0.3) is 0 Å². The smallest absolute Gasteiger partial charge is 0.305 e. The molecule has 0 aromatic heterocycles. The van der Waals surface area contributed by atoms with Crippen LogP contribution in [0.3, 0.4) is 0 Å². The molecule has 0 amide bonds. The summed E-state index contributed by atoms with van der Waals surface area (Å²) in [5, 5.41) is 0. The molecule has 0 saturated heterocycles. The molecular weight excluding hydrogens is 242 g/mol. The van der Waals surface area contributed by atoms with Crippen molar-refractivity contribution in [1.82, 2.24) is 0 Å². The van der Waals surface area contributed by atoms with Gasteiger partial charge < -0.3 is 15.2 Å². The number of aryl methyl sites for hydroxylation is 1. The molecule has 0 radical (unpaired) electrons. The Morgan fingerprint density at radius 3 is 2.79 bits per heavy atom. The van der Waals surface area contributed by atoms with Crippen molar-refractivity contribution >= 4 is 5.97 Å². The Bertz CT molecular complexity index is 416. The van der Waals surface area contributed by atoms with Crippen LogP contribution in [0.1, 0.15) is 30.9 Å². The number of para-hydroxylation sites is 1. The van der Waals surface area contributed by atoms with Gasteiger partial charge in [0, 0.05) is 12.5 Å². The quantitative estimate of drug-likeness (QED) is 0.606. The molecule has 2 N–H and O–H groups in total. The summed E-state index contributed by atoms with van der Waals surface area (Å²) in [6.07, 6.45) is 1.82. The summed E-state index contributed by atoms with van der Waals surface area (Å²) in [5.74, 6) is 0.689. The standard InChI is InChI=1S/C15H23NO3/c1-11-6-4-7-13(10-12(2)16)15(11)19-9-5-8-14(17)18-3/h4,6-7,12H,5,8-10,16H2,1-3H3.